The minimum Gasteiger partial charge on any atom is -0.496 e. The summed E-state index contributed by atoms with van der Waals surface area (Å²) in [4.78, 5) is 12.0. The quantitative estimate of drug-likeness (QED) is 0.567. The van der Waals surface area contributed by atoms with Crippen LogP contribution in [0.3, 0.4) is 0 Å². The van der Waals surface area contributed by atoms with Crippen LogP contribution in [0.2, 0.25) is 0 Å². The predicted molar refractivity (Wildman–Crippen MR) is 112 cm³/mol. The smallest absolute Gasteiger partial charge is 0.257 e. The maximum Gasteiger partial charge on any atom is 0.257 e. The highest BCUT2D eigenvalue weighted by atomic mass is 16.5. The highest BCUT2D eigenvalue weighted by Gasteiger charge is 2.05. The number of carbonyl (C=O) groups is 1. The molecule has 3 rings (SSSR count). The third-order valence-corrected chi connectivity index (χ3v) is 4.35. The Morgan fingerprint density at radius 1 is 0.828 bits per heavy atom. The summed E-state index contributed by atoms with van der Waals surface area (Å²) >= 11 is 0. The molecule has 0 bridgehead atoms. The lowest BCUT2D eigenvalue weighted by atomic mass is 10.1. The van der Waals surface area contributed by atoms with Crippen LogP contribution in [-0.4, -0.2) is 26.2 Å². The van der Waals surface area contributed by atoms with Crippen molar-refractivity contribution >= 4 is 5.91 Å². The zero-order valence-electron chi connectivity index (χ0n) is 16.5. The first-order chi connectivity index (χ1) is 14.2. The summed E-state index contributed by atoms with van der Waals surface area (Å²) in [6.45, 7) is 1.00. The van der Waals surface area contributed by atoms with Gasteiger partial charge in [0.15, 0.2) is 6.61 Å². The van der Waals surface area contributed by atoms with E-state index in [0.717, 1.165) is 22.6 Å². The summed E-state index contributed by atoms with van der Waals surface area (Å²) in [6, 6.07) is 25.0. The van der Waals surface area contributed by atoms with Crippen LogP contribution in [0.5, 0.6) is 17.2 Å². The molecule has 29 heavy (non-hydrogen) atoms. The minimum absolute atomic E-state index is 0.0316. The fourth-order valence-electron chi connectivity index (χ4n) is 2.82. The Bertz CT molecular complexity index is 894. The van der Waals surface area contributed by atoms with Crippen molar-refractivity contribution in [1.29, 1.82) is 0 Å². The molecule has 1 amide bonds. The van der Waals surface area contributed by atoms with E-state index in [0.29, 0.717) is 25.3 Å². The molecule has 5 nitrogen and oxygen atoms in total. The molecule has 1 N–H and O–H groups in total. The zero-order valence-corrected chi connectivity index (χ0v) is 16.5. The van der Waals surface area contributed by atoms with E-state index in [4.69, 9.17) is 14.2 Å². The molecule has 0 heterocycles. The van der Waals surface area contributed by atoms with E-state index in [2.05, 4.69) is 5.32 Å². The molecule has 0 aliphatic carbocycles. The van der Waals surface area contributed by atoms with Crippen LogP contribution in [0.15, 0.2) is 78.9 Å². The zero-order chi connectivity index (χ0) is 20.3. The Kier molecular flexibility index (Phi) is 7.52. The number of hydrogen-bond donors (Lipinski definition) is 1. The number of rotatable bonds is 10. The number of benzene rings is 3. The normalized spacial score (nSPS) is 10.2. The fourth-order valence-corrected chi connectivity index (χ4v) is 2.82. The van der Waals surface area contributed by atoms with E-state index in [9.17, 15) is 4.79 Å². The second-order valence-electron chi connectivity index (χ2n) is 6.45. The molecule has 0 radical (unpaired) electrons. The van der Waals surface area contributed by atoms with Gasteiger partial charge in [0.2, 0.25) is 0 Å². The first-order valence-corrected chi connectivity index (χ1v) is 9.53. The topological polar surface area (TPSA) is 56.8 Å². The first-order valence-electron chi connectivity index (χ1n) is 9.53. The molecule has 0 aromatic heterocycles. The van der Waals surface area contributed by atoms with E-state index in [-0.39, 0.29) is 12.5 Å². The van der Waals surface area contributed by atoms with E-state index < -0.39 is 0 Å². The van der Waals surface area contributed by atoms with Crippen LogP contribution in [0.1, 0.15) is 11.1 Å². The van der Waals surface area contributed by atoms with Crippen LogP contribution in [-0.2, 0) is 17.8 Å². The van der Waals surface area contributed by atoms with Gasteiger partial charge in [0, 0.05) is 6.54 Å². The van der Waals surface area contributed by atoms with Crippen molar-refractivity contribution in [3.63, 3.8) is 0 Å². The van der Waals surface area contributed by atoms with Crippen molar-refractivity contribution in [1.82, 2.24) is 5.32 Å². The van der Waals surface area contributed by atoms with E-state index >= 15 is 0 Å². The summed E-state index contributed by atoms with van der Waals surface area (Å²) in [5, 5.41) is 2.86. The van der Waals surface area contributed by atoms with Gasteiger partial charge in [-0.25, -0.2) is 0 Å². The third kappa shape index (κ3) is 6.57. The average molecular weight is 391 g/mol. The Hall–Kier alpha value is -3.47. The van der Waals surface area contributed by atoms with Crippen LogP contribution in [0.4, 0.5) is 0 Å². The lowest BCUT2D eigenvalue weighted by Gasteiger charge is -2.10. The number of para-hydroxylation sites is 1. The molecule has 150 valence electrons. The molecule has 3 aromatic rings. The van der Waals surface area contributed by atoms with Crippen LogP contribution in [0.25, 0.3) is 0 Å². The lowest BCUT2D eigenvalue weighted by Crippen LogP contribution is -2.30. The van der Waals surface area contributed by atoms with E-state index in [1.54, 1.807) is 19.2 Å². The summed E-state index contributed by atoms with van der Waals surface area (Å²) < 4.78 is 16.6. The Morgan fingerprint density at radius 2 is 1.48 bits per heavy atom. The number of hydrogen-bond acceptors (Lipinski definition) is 4. The molecular formula is C24H25NO4. The van der Waals surface area contributed by atoms with Crippen molar-refractivity contribution in [3.8, 4) is 17.2 Å². The molecule has 0 fully saturated rings. The fraction of sp³-hybridized carbons (Fsp3) is 0.208. The molecule has 5 heteroatoms. The standard InChI is InChI=1S/C24H25NO4/c1-27-23-10-6-5-9-20(23)15-16-25-24(26)18-29-22-13-11-21(12-14-22)28-17-19-7-3-2-4-8-19/h2-14H,15-18H2,1H3,(H,25,26). The van der Waals surface area contributed by atoms with Crippen molar-refractivity contribution in [2.24, 2.45) is 0 Å². The number of nitrogens with one attached hydrogen (secondary N) is 1. The first kappa shape index (κ1) is 20.3. The predicted octanol–water partition coefficient (Wildman–Crippen LogP) is 4.01. The molecule has 0 saturated carbocycles. The van der Waals surface area contributed by atoms with Gasteiger partial charge in [-0.1, -0.05) is 48.5 Å². The van der Waals surface area contributed by atoms with Gasteiger partial charge >= 0.3 is 0 Å². The van der Waals surface area contributed by atoms with Crippen molar-refractivity contribution < 1.29 is 19.0 Å². The SMILES string of the molecule is COc1ccccc1CCNC(=O)COc1ccc(OCc2ccccc2)cc1. The third-order valence-electron chi connectivity index (χ3n) is 4.35. The molecular weight excluding hydrogens is 366 g/mol. The van der Waals surface area contributed by atoms with Crippen LogP contribution >= 0.6 is 0 Å². The van der Waals surface area contributed by atoms with Gasteiger partial charge < -0.3 is 19.5 Å². The van der Waals surface area contributed by atoms with Gasteiger partial charge in [0.25, 0.3) is 5.91 Å². The van der Waals surface area contributed by atoms with E-state index in [1.807, 2.05) is 66.7 Å². The highest BCUT2D eigenvalue weighted by Crippen LogP contribution is 2.19. The molecule has 0 aliphatic heterocycles. The Balaban J connectivity index is 1.37. The van der Waals surface area contributed by atoms with Gasteiger partial charge in [-0.05, 0) is 47.9 Å². The van der Waals surface area contributed by atoms with E-state index in [1.165, 1.54) is 0 Å². The van der Waals surface area contributed by atoms with Gasteiger partial charge in [0.1, 0.15) is 23.9 Å². The highest BCUT2D eigenvalue weighted by molar-refractivity contribution is 5.77. The summed E-state index contributed by atoms with van der Waals surface area (Å²) in [7, 11) is 1.64. The van der Waals surface area contributed by atoms with Gasteiger partial charge in [0.05, 0.1) is 7.11 Å². The second-order valence-corrected chi connectivity index (χ2v) is 6.45. The lowest BCUT2D eigenvalue weighted by molar-refractivity contribution is -0.123. The maximum absolute atomic E-state index is 12.0. The Labute approximate surface area is 171 Å². The second kappa shape index (κ2) is 10.8. The van der Waals surface area contributed by atoms with Crippen LogP contribution in [0, 0.1) is 0 Å². The van der Waals surface area contributed by atoms with Crippen molar-refractivity contribution in [3.05, 3.63) is 90.0 Å². The van der Waals surface area contributed by atoms with Crippen molar-refractivity contribution in [2.45, 2.75) is 13.0 Å². The van der Waals surface area contributed by atoms with Crippen molar-refractivity contribution in [2.75, 3.05) is 20.3 Å². The van der Waals surface area contributed by atoms with Gasteiger partial charge in [-0.3, -0.25) is 4.79 Å². The Morgan fingerprint density at radius 3 is 2.21 bits per heavy atom. The monoisotopic (exact) mass is 391 g/mol. The molecule has 0 saturated heterocycles. The van der Waals surface area contributed by atoms with Gasteiger partial charge in [-0.2, -0.15) is 0 Å². The molecule has 0 aliphatic rings. The molecule has 0 atom stereocenters. The summed E-state index contributed by atoms with van der Waals surface area (Å²) in [5.74, 6) is 2.04. The largest absolute Gasteiger partial charge is 0.496 e. The average Bonchev–Trinajstić information content (AvgIpc) is 2.78. The number of methoxy groups -OCH3 is 1. The van der Waals surface area contributed by atoms with Gasteiger partial charge in [-0.15, -0.1) is 0 Å². The number of carbonyl (C=O) groups excluding carboxylic acids is 1. The number of ether oxygens (including phenoxy) is 3. The number of amides is 1. The summed E-state index contributed by atoms with van der Waals surface area (Å²) in [5.41, 5.74) is 2.17. The molecule has 0 spiro atoms. The maximum atomic E-state index is 12.0. The molecule has 3 aromatic carbocycles. The summed E-state index contributed by atoms with van der Waals surface area (Å²) in [6.07, 6.45) is 0.698. The van der Waals surface area contributed by atoms with Crippen LogP contribution < -0.4 is 19.5 Å². The molecule has 0 unspecified atom stereocenters. The minimum atomic E-state index is -0.163.